The Balaban J connectivity index is 1.65. The lowest BCUT2D eigenvalue weighted by Gasteiger charge is -2.27. The number of hydrogen-bond acceptors (Lipinski definition) is 7. The number of aliphatic carboxylic acids is 1. The Labute approximate surface area is 199 Å². The first-order chi connectivity index (χ1) is 16.0. The van der Waals surface area contributed by atoms with Gasteiger partial charge in [-0.05, 0) is 57.3 Å². The first-order valence-corrected chi connectivity index (χ1v) is 12.9. The van der Waals surface area contributed by atoms with Crippen molar-refractivity contribution >= 4 is 35.3 Å². The molecule has 182 valence electrons. The highest BCUT2D eigenvalue weighted by atomic mass is 32.2. The number of ether oxygens (including phenoxy) is 1. The van der Waals surface area contributed by atoms with Crippen LogP contribution in [0.2, 0.25) is 0 Å². The lowest BCUT2D eigenvalue weighted by Crippen LogP contribution is -2.54. The molecule has 0 spiro atoms. The Kier molecular flexibility index (Phi) is 10.0. The zero-order valence-electron chi connectivity index (χ0n) is 19.3. The summed E-state index contributed by atoms with van der Waals surface area (Å²) in [5, 5.41) is 16.0. The van der Waals surface area contributed by atoms with Crippen LogP contribution < -0.4 is 15.5 Å². The number of unbranched alkanes of at least 4 members (excludes halogenated alkanes) is 1. The van der Waals surface area contributed by atoms with E-state index in [1.165, 1.54) is 29.5 Å². The molecule has 1 fully saturated rings. The van der Waals surface area contributed by atoms with Gasteiger partial charge in [0.15, 0.2) is 0 Å². The molecule has 0 unspecified atom stereocenters. The number of nitrogens with one attached hydrogen (secondary N) is 2. The molecule has 1 aromatic carbocycles. The van der Waals surface area contributed by atoms with Gasteiger partial charge in [-0.25, -0.2) is 0 Å². The normalized spacial score (nSPS) is 20.1. The SMILES string of the molecule is CCOC(=O)[C@@H](CCCCC1CCNCC1)N[C@H]1CSc2ccccc2N(CC(=O)O)C1=O. The van der Waals surface area contributed by atoms with Crippen LogP contribution in [0.5, 0.6) is 0 Å². The smallest absolute Gasteiger partial charge is 0.323 e. The maximum absolute atomic E-state index is 13.3. The van der Waals surface area contributed by atoms with Crippen LogP contribution in [0.4, 0.5) is 5.69 Å². The number of amides is 1. The summed E-state index contributed by atoms with van der Waals surface area (Å²) < 4.78 is 5.28. The van der Waals surface area contributed by atoms with Crippen LogP contribution in [0.1, 0.15) is 45.4 Å². The van der Waals surface area contributed by atoms with Gasteiger partial charge in [0.05, 0.1) is 18.3 Å². The van der Waals surface area contributed by atoms with Gasteiger partial charge < -0.3 is 15.2 Å². The van der Waals surface area contributed by atoms with E-state index in [1.807, 2.05) is 12.1 Å². The summed E-state index contributed by atoms with van der Waals surface area (Å²) in [4.78, 5) is 39.6. The number of fused-ring (bicyclic) bond motifs is 1. The van der Waals surface area contributed by atoms with Gasteiger partial charge >= 0.3 is 11.9 Å². The van der Waals surface area contributed by atoms with E-state index < -0.39 is 24.6 Å². The highest BCUT2D eigenvalue weighted by molar-refractivity contribution is 7.99. The van der Waals surface area contributed by atoms with Gasteiger partial charge in [-0.3, -0.25) is 24.6 Å². The molecule has 0 aliphatic carbocycles. The Morgan fingerprint density at radius 3 is 2.76 bits per heavy atom. The number of carboxylic acid groups (broad SMARTS) is 1. The Morgan fingerprint density at radius 1 is 1.27 bits per heavy atom. The maximum Gasteiger partial charge on any atom is 0.323 e. The number of benzene rings is 1. The van der Waals surface area contributed by atoms with Crippen LogP contribution in [0.25, 0.3) is 0 Å². The molecule has 9 heteroatoms. The molecule has 0 radical (unpaired) electrons. The van der Waals surface area contributed by atoms with E-state index in [-0.39, 0.29) is 18.5 Å². The number of carboxylic acids is 1. The molecular weight excluding hydrogens is 442 g/mol. The lowest BCUT2D eigenvalue weighted by molar-refractivity contribution is -0.146. The van der Waals surface area contributed by atoms with Crippen LogP contribution in [-0.2, 0) is 19.1 Å². The fourth-order valence-electron chi connectivity index (χ4n) is 4.48. The second-order valence-corrected chi connectivity index (χ2v) is 9.66. The molecule has 3 rings (SSSR count). The second-order valence-electron chi connectivity index (χ2n) is 8.60. The van der Waals surface area contributed by atoms with Gasteiger partial charge in [0, 0.05) is 10.6 Å². The molecule has 1 amide bonds. The van der Waals surface area contributed by atoms with Crippen molar-refractivity contribution in [2.45, 2.75) is 62.4 Å². The minimum absolute atomic E-state index is 0.274. The Morgan fingerprint density at radius 2 is 2.03 bits per heavy atom. The van der Waals surface area contributed by atoms with Gasteiger partial charge in [-0.2, -0.15) is 0 Å². The average molecular weight is 478 g/mol. The van der Waals surface area contributed by atoms with Crippen molar-refractivity contribution in [1.29, 1.82) is 0 Å². The Bertz CT molecular complexity index is 815. The third-order valence-corrected chi connectivity index (χ3v) is 7.36. The van der Waals surface area contributed by atoms with Crippen LogP contribution >= 0.6 is 11.8 Å². The predicted octanol–water partition coefficient (Wildman–Crippen LogP) is 2.66. The molecule has 0 aromatic heterocycles. The molecule has 1 saturated heterocycles. The highest BCUT2D eigenvalue weighted by Gasteiger charge is 2.34. The van der Waals surface area contributed by atoms with Crippen LogP contribution in [0.3, 0.4) is 0 Å². The molecule has 2 aliphatic heterocycles. The highest BCUT2D eigenvalue weighted by Crippen LogP contribution is 2.34. The molecule has 2 atom stereocenters. The monoisotopic (exact) mass is 477 g/mol. The minimum Gasteiger partial charge on any atom is -0.480 e. The van der Waals surface area contributed by atoms with Crippen molar-refractivity contribution < 1.29 is 24.2 Å². The van der Waals surface area contributed by atoms with Crippen LogP contribution in [0, 0.1) is 5.92 Å². The number of para-hydroxylation sites is 1. The molecule has 3 N–H and O–H groups in total. The summed E-state index contributed by atoms with van der Waals surface area (Å²) in [5.41, 5.74) is 0.592. The van der Waals surface area contributed by atoms with Gasteiger partial charge in [0.25, 0.3) is 0 Å². The van der Waals surface area contributed by atoms with Crippen molar-refractivity contribution in [2.75, 3.05) is 36.9 Å². The summed E-state index contributed by atoms with van der Waals surface area (Å²) in [6, 6.07) is 6.02. The van der Waals surface area contributed by atoms with E-state index in [9.17, 15) is 19.5 Å². The average Bonchev–Trinajstić information content (AvgIpc) is 2.93. The van der Waals surface area contributed by atoms with Crippen molar-refractivity contribution in [3.8, 4) is 0 Å². The van der Waals surface area contributed by atoms with Gasteiger partial charge in [0.2, 0.25) is 5.91 Å². The van der Waals surface area contributed by atoms with E-state index >= 15 is 0 Å². The van der Waals surface area contributed by atoms with Crippen LogP contribution in [0.15, 0.2) is 29.2 Å². The first kappa shape index (κ1) is 25.5. The van der Waals surface area contributed by atoms with E-state index in [1.54, 1.807) is 19.1 Å². The fourth-order valence-corrected chi connectivity index (χ4v) is 5.56. The van der Waals surface area contributed by atoms with Crippen molar-refractivity contribution in [3.05, 3.63) is 24.3 Å². The number of anilines is 1. The summed E-state index contributed by atoms with van der Waals surface area (Å²) in [5.74, 6) is -0.619. The number of hydrogen-bond donors (Lipinski definition) is 3. The zero-order chi connectivity index (χ0) is 23.6. The van der Waals surface area contributed by atoms with Crippen molar-refractivity contribution in [3.63, 3.8) is 0 Å². The van der Waals surface area contributed by atoms with E-state index in [0.29, 0.717) is 17.9 Å². The van der Waals surface area contributed by atoms with Crippen molar-refractivity contribution in [2.24, 2.45) is 5.92 Å². The third-order valence-electron chi connectivity index (χ3n) is 6.21. The number of piperidine rings is 1. The van der Waals surface area contributed by atoms with E-state index in [2.05, 4.69) is 10.6 Å². The van der Waals surface area contributed by atoms with Crippen LogP contribution in [-0.4, -0.2) is 67.0 Å². The second kappa shape index (κ2) is 13.0. The summed E-state index contributed by atoms with van der Waals surface area (Å²) in [7, 11) is 0. The van der Waals surface area contributed by atoms with Gasteiger partial charge in [-0.15, -0.1) is 11.8 Å². The van der Waals surface area contributed by atoms with Gasteiger partial charge in [-0.1, -0.05) is 31.4 Å². The number of carbonyl (C=O) groups is 3. The number of thioether (sulfide) groups is 1. The minimum atomic E-state index is -1.08. The quantitative estimate of drug-likeness (QED) is 0.330. The zero-order valence-corrected chi connectivity index (χ0v) is 20.1. The molecular formula is C24H35N3O5S. The molecule has 2 heterocycles. The summed E-state index contributed by atoms with van der Waals surface area (Å²) >= 11 is 1.49. The largest absolute Gasteiger partial charge is 0.480 e. The summed E-state index contributed by atoms with van der Waals surface area (Å²) in [6.07, 6.45) is 6.04. The third kappa shape index (κ3) is 7.45. The number of nitrogens with zero attached hydrogens (tertiary/aromatic N) is 1. The standard InChI is InChI=1S/C24H35N3O5S/c1-2-32-24(31)18(8-4-3-7-17-11-13-25-14-12-17)26-19-16-33-21-10-6-5-9-20(21)27(23(19)30)15-22(28)29/h5-6,9-10,17-19,25-26H,2-4,7-8,11-16H2,1H3,(H,28,29)/t18-,19+/m1/s1. The molecule has 2 aliphatic rings. The molecule has 0 saturated carbocycles. The lowest BCUT2D eigenvalue weighted by atomic mass is 9.92. The maximum atomic E-state index is 13.3. The van der Waals surface area contributed by atoms with E-state index in [0.717, 1.165) is 43.2 Å². The van der Waals surface area contributed by atoms with E-state index in [4.69, 9.17) is 4.74 Å². The molecule has 8 nitrogen and oxygen atoms in total. The Hall–Kier alpha value is -2.10. The predicted molar refractivity (Wildman–Crippen MR) is 129 cm³/mol. The molecule has 0 bridgehead atoms. The molecule has 1 aromatic rings. The first-order valence-electron chi connectivity index (χ1n) is 11.9. The van der Waals surface area contributed by atoms with Gasteiger partial charge in [0.1, 0.15) is 12.6 Å². The number of esters is 1. The topological polar surface area (TPSA) is 108 Å². The fraction of sp³-hybridized carbons (Fsp3) is 0.625. The number of rotatable bonds is 11. The number of carbonyl (C=O) groups excluding carboxylic acids is 2. The van der Waals surface area contributed by atoms with Crippen molar-refractivity contribution in [1.82, 2.24) is 10.6 Å². The molecule has 33 heavy (non-hydrogen) atoms. The summed E-state index contributed by atoms with van der Waals surface area (Å²) in [6.45, 7) is 3.78.